The minimum atomic E-state index is 0.377. The van der Waals surface area contributed by atoms with Crippen molar-refractivity contribution < 1.29 is 4.74 Å². The number of rotatable bonds is 4. The standard InChI is InChI=1S/C11H22N2O/c1-14-8-10-3-6-13(7-10)11(9-12)4-2-5-11/h10H,2-9,12H2,1H3. The SMILES string of the molecule is COCC1CCN(C2(CN)CCC2)C1. The highest BCUT2D eigenvalue weighted by Gasteiger charge is 2.43. The fourth-order valence-corrected chi connectivity index (χ4v) is 2.87. The summed E-state index contributed by atoms with van der Waals surface area (Å²) in [4.78, 5) is 2.61. The van der Waals surface area contributed by atoms with Crippen molar-refractivity contribution in [1.29, 1.82) is 0 Å². The minimum Gasteiger partial charge on any atom is -0.384 e. The predicted molar refractivity (Wildman–Crippen MR) is 57.2 cm³/mol. The van der Waals surface area contributed by atoms with Crippen LogP contribution in [0.4, 0.5) is 0 Å². The van der Waals surface area contributed by atoms with Crippen molar-refractivity contribution >= 4 is 0 Å². The molecule has 82 valence electrons. The van der Waals surface area contributed by atoms with Crippen molar-refractivity contribution in [3.63, 3.8) is 0 Å². The molecule has 0 aromatic carbocycles. The van der Waals surface area contributed by atoms with Crippen LogP contribution in [-0.4, -0.2) is 43.8 Å². The monoisotopic (exact) mass is 198 g/mol. The molecule has 0 radical (unpaired) electrons. The summed E-state index contributed by atoms with van der Waals surface area (Å²) in [6.07, 6.45) is 5.27. The van der Waals surface area contributed by atoms with E-state index in [9.17, 15) is 0 Å². The number of hydrogen-bond acceptors (Lipinski definition) is 3. The molecule has 3 nitrogen and oxygen atoms in total. The number of ether oxygens (including phenoxy) is 1. The lowest BCUT2D eigenvalue weighted by atomic mass is 9.75. The lowest BCUT2D eigenvalue weighted by Gasteiger charge is -2.48. The molecule has 0 bridgehead atoms. The Bertz CT molecular complexity index is 186. The molecule has 1 unspecified atom stereocenters. The van der Waals surface area contributed by atoms with Gasteiger partial charge in [-0.05, 0) is 38.1 Å². The van der Waals surface area contributed by atoms with Crippen LogP contribution in [0.5, 0.6) is 0 Å². The summed E-state index contributed by atoms with van der Waals surface area (Å²) in [5, 5.41) is 0. The Morgan fingerprint density at radius 2 is 2.29 bits per heavy atom. The maximum Gasteiger partial charge on any atom is 0.0503 e. The Balaban J connectivity index is 1.87. The van der Waals surface area contributed by atoms with Crippen LogP contribution in [-0.2, 0) is 4.74 Å². The molecule has 1 saturated carbocycles. The summed E-state index contributed by atoms with van der Waals surface area (Å²) in [6.45, 7) is 4.18. The van der Waals surface area contributed by atoms with Gasteiger partial charge in [-0.1, -0.05) is 0 Å². The topological polar surface area (TPSA) is 38.5 Å². The van der Waals surface area contributed by atoms with Crippen molar-refractivity contribution in [3.8, 4) is 0 Å². The van der Waals surface area contributed by atoms with E-state index in [1.807, 2.05) is 0 Å². The van der Waals surface area contributed by atoms with Crippen molar-refractivity contribution in [2.24, 2.45) is 11.7 Å². The zero-order valence-electron chi connectivity index (χ0n) is 9.17. The van der Waals surface area contributed by atoms with E-state index in [0.717, 1.165) is 19.1 Å². The summed E-state index contributed by atoms with van der Waals surface area (Å²) in [5.74, 6) is 0.740. The third kappa shape index (κ3) is 1.69. The predicted octanol–water partition coefficient (Wildman–Crippen LogP) is 0.836. The molecule has 1 saturated heterocycles. The zero-order chi connectivity index (χ0) is 10.0. The van der Waals surface area contributed by atoms with E-state index in [1.54, 1.807) is 7.11 Å². The van der Waals surface area contributed by atoms with Crippen LogP contribution in [0.25, 0.3) is 0 Å². The van der Waals surface area contributed by atoms with Gasteiger partial charge in [0.05, 0.1) is 6.61 Å². The summed E-state index contributed by atoms with van der Waals surface area (Å²) < 4.78 is 5.21. The van der Waals surface area contributed by atoms with Gasteiger partial charge in [-0.25, -0.2) is 0 Å². The summed E-state index contributed by atoms with van der Waals surface area (Å²) in [5.41, 5.74) is 6.27. The van der Waals surface area contributed by atoms with Crippen molar-refractivity contribution in [1.82, 2.24) is 4.90 Å². The van der Waals surface area contributed by atoms with E-state index >= 15 is 0 Å². The van der Waals surface area contributed by atoms with E-state index in [4.69, 9.17) is 10.5 Å². The first-order valence-corrected chi connectivity index (χ1v) is 5.75. The van der Waals surface area contributed by atoms with E-state index in [0.29, 0.717) is 5.54 Å². The molecule has 2 N–H and O–H groups in total. The highest BCUT2D eigenvalue weighted by molar-refractivity contribution is 5.01. The largest absolute Gasteiger partial charge is 0.384 e. The Hall–Kier alpha value is -0.120. The van der Waals surface area contributed by atoms with Crippen LogP contribution < -0.4 is 5.73 Å². The highest BCUT2D eigenvalue weighted by Crippen LogP contribution is 2.39. The van der Waals surface area contributed by atoms with Crippen molar-refractivity contribution in [2.75, 3.05) is 33.4 Å². The molecule has 2 rings (SSSR count). The summed E-state index contributed by atoms with van der Waals surface area (Å²) in [6, 6.07) is 0. The van der Waals surface area contributed by atoms with Crippen LogP contribution in [0.1, 0.15) is 25.7 Å². The molecule has 3 heteroatoms. The maximum atomic E-state index is 5.90. The fraction of sp³-hybridized carbons (Fsp3) is 1.00. The second-order valence-corrected chi connectivity index (χ2v) is 4.84. The first kappa shape index (κ1) is 10.4. The average molecular weight is 198 g/mol. The van der Waals surface area contributed by atoms with Gasteiger partial charge in [0.1, 0.15) is 0 Å². The molecule has 14 heavy (non-hydrogen) atoms. The summed E-state index contributed by atoms with van der Waals surface area (Å²) >= 11 is 0. The molecule has 0 amide bonds. The average Bonchev–Trinajstić information content (AvgIpc) is 2.54. The molecule has 2 fully saturated rings. The quantitative estimate of drug-likeness (QED) is 0.727. The van der Waals surface area contributed by atoms with Gasteiger partial charge in [-0.2, -0.15) is 0 Å². The molecule has 1 atom stereocenters. The van der Waals surface area contributed by atoms with Gasteiger partial charge in [0, 0.05) is 25.7 Å². The Labute approximate surface area is 86.6 Å². The lowest BCUT2D eigenvalue weighted by Crippen LogP contribution is -2.57. The maximum absolute atomic E-state index is 5.90. The van der Waals surface area contributed by atoms with Gasteiger partial charge in [-0.15, -0.1) is 0 Å². The Morgan fingerprint density at radius 1 is 1.50 bits per heavy atom. The highest BCUT2D eigenvalue weighted by atomic mass is 16.5. The van der Waals surface area contributed by atoms with E-state index in [2.05, 4.69) is 4.90 Å². The first-order valence-electron chi connectivity index (χ1n) is 5.75. The Morgan fingerprint density at radius 3 is 2.79 bits per heavy atom. The molecule has 0 spiro atoms. The second kappa shape index (κ2) is 4.17. The minimum absolute atomic E-state index is 0.377. The van der Waals surface area contributed by atoms with Gasteiger partial charge in [0.25, 0.3) is 0 Å². The second-order valence-electron chi connectivity index (χ2n) is 4.84. The molecule has 1 aliphatic heterocycles. The van der Waals surface area contributed by atoms with Crippen molar-refractivity contribution in [3.05, 3.63) is 0 Å². The summed E-state index contributed by atoms with van der Waals surface area (Å²) in [7, 11) is 1.80. The van der Waals surface area contributed by atoms with Crippen LogP contribution in [0.3, 0.4) is 0 Å². The van der Waals surface area contributed by atoms with E-state index in [-0.39, 0.29) is 0 Å². The van der Waals surface area contributed by atoms with Gasteiger partial charge in [-0.3, -0.25) is 4.90 Å². The van der Waals surface area contributed by atoms with Gasteiger partial charge in [0.2, 0.25) is 0 Å². The number of hydrogen-bond donors (Lipinski definition) is 1. The first-order chi connectivity index (χ1) is 6.80. The van der Waals surface area contributed by atoms with Gasteiger partial charge < -0.3 is 10.5 Å². The molecular formula is C11H22N2O. The lowest BCUT2D eigenvalue weighted by molar-refractivity contribution is 0.0367. The van der Waals surface area contributed by atoms with E-state index < -0.39 is 0 Å². The third-order valence-electron chi connectivity index (χ3n) is 4.02. The molecule has 1 aliphatic carbocycles. The van der Waals surface area contributed by atoms with Crippen LogP contribution in [0.2, 0.25) is 0 Å². The van der Waals surface area contributed by atoms with Crippen LogP contribution in [0, 0.1) is 5.92 Å². The molecule has 1 heterocycles. The van der Waals surface area contributed by atoms with Crippen LogP contribution in [0.15, 0.2) is 0 Å². The third-order valence-corrected chi connectivity index (χ3v) is 4.02. The molecule has 0 aromatic heterocycles. The van der Waals surface area contributed by atoms with E-state index in [1.165, 1.54) is 38.8 Å². The number of nitrogens with two attached hydrogens (primary N) is 1. The van der Waals surface area contributed by atoms with Crippen molar-refractivity contribution in [2.45, 2.75) is 31.2 Å². The smallest absolute Gasteiger partial charge is 0.0503 e. The van der Waals surface area contributed by atoms with Crippen LogP contribution >= 0.6 is 0 Å². The fourth-order valence-electron chi connectivity index (χ4n) is 2.87. The Kier molecular flexibility index (Phi) is 3.10. The normalized spacial score (nSPS) is 31.7. The number of methoxy groups -OCH3 is 1. The molecular weight excluding hydrogens is 176 g/mol. The molecule has 2 aliphatic rings. The van der Waals surface area contributed by atoms with Gasteiger partial charge in [0.15, 0.2) is 0 Å². The number of nitrogens with zero attached hydrogens (tertiary/aromatic N) is 1. The number of likely N-dealkylation sites (tertiary alicyclic amines) is 1. The zero-order valence-corrected chi connectivity index (χ0v) is 9.17. The van der Waals surface area contributed by atoms with Gasteiger partial charge >= 0.3 is 0 Å². The molecule has 0 aromatic rings.